The zero-order valence-corrected chi connectivity index (χ0v) is 9.86. The van der Waals surface area contributed by atoms with Gasteiger partial charge in [0.15, 0.2) is 0 Å². The van der Waals surface area contributed by atoms with Crippen molar-refractivity contribution >= 4 is 5.69 Å². The van der Waals surface area contributed by atoms with Crippen LogP contribution in [-0.2, 0) is 4.74 Å². The molecule has 16 heavy (non-hydrogen) atoms. The van der Waals surface area contributed by atoms with Crippen LogP contribution in [0.1, 0.15) is 13.3 Å². The van der Waals surface area contributed by atoms with Crippen molar-refractivity contribution in [3.8, 4) is 11.5 Å². The number of ether oxygens (including phenoxy) is 3. The van der Waals surface area contributed by atoms with Crippen molar-refractivity contribution in [1.82, 2.24) is 0 Å². The normalized spacial score (nSPS) is 10.1. The molecule has 4 heteroatoms. The first kappa shape index (κ1) is 12.6. The first-order valence-electron chi connectivity index (χ1n) is 5.42. The van der Waals surface area contributed by atoms with Gasteiger partial charge in [-0.3, -0.25) is 0 Å². The Balaban J connectivity index is 2.62. The number of nitrogen functional groups attached to an aromatic ring is 1. The van der Waals surface area contributed by atoms with Crippen LogP contribution in [0.4, 0.5) is 5.69 Å². The third kappa shape index (κ3) is 3.62. The van der Waals surface area contributed by atoms with Gasteiger partial charge < -0.3 is 19.9 Å². The van der Waals surface area contributed by atoms with Gasteiger partial charge in [0.1, 0.15) is 23.8 Å². The predicted molar refractivity (Wildman–Crippen MR) is 64.0 cm³/mol. The first-order chi connectivity index (χ1) is 7.79. The maximum absolute atomic E-state index is 5.92. The molecule has 0 bridgehead atoms. The van der Waals surface area contributed by atoms with E-state index in [0.717, 1.165) is 6.42 Å². The lowest BCUT2D eigenvalue weighted by molar-refractivity contribution is 0.146. The van der Waals surface area contributed by atoms with Crippen LogP contribution < -0.4 is 15.2 Å². The number of benzene rings is 1. The van der Waals surface area contributed by atoms with Crippen LogP contribution in [0.3, 0.4) is 0 Å². The van der Waals surface area contributed by atoms with Crippen LogP contribution in [0, 0.1) is 0 Å². The van der Waals surface area contributed by atoms with Gasteiger partial charge in [0, 0.05) is 7.11 Å². The number of anilines is 1. The summed E-state index contributed by atoms with van der Waals surface area (Å²) in [6.45, 7) is 3.73. The molecule has 0 saturated heterocycles. The van der Waals surface area contributed by atoms with E-state index in [1.54, 1.807) is 7.11 Å². The van der Waals surface area contributed by atoms with E-state index in [1.807, 2.05) is 18.2 Å². The standard InChI is InChI=1S/C12H19NO3/c1-3-7-15-10-5-4-6-11(12(10)13)16-9-8-14-2/h4-6H,3,7-9,13H2,1-2H3. The molecule has 0 fully saturated rings. The van der Waals surface area contributed by atoms with Crippen molar-refractivity contribution in [2.75, 3.05) is 32.7 Å². The molecule has 90 valence electrons. The number of hydrogen-bond acceptors (Lipinski definition) is 4. The molecule has 0 radical (unpaired) electrons. The number of methoxy groups -OCH3 is 1. The van der Waals surface area contributed by atoms with E-state index >= 15 is 0 Å². The van der Waals surface area contributed by atoms with Crippen LogP contribution >= 0.6 is 0 Å². The van der Waals surface area contributed by atoms with E-state index in [2.05, 4.69) is 6.92 Å². The van der Waals surface area contributed by atoms with Crippen LogP contribution in [0.15, 0.2) is 18.2 Å². The van der Waals surface area contributed by atoms with Gasteiger partial charge in [-0.25, -0.2) is 0 Å². The third-order valence-corrected chi connectivity index (χ3v) is 2.03. The molecule has 0 aliphatic rings. The number of para-hydroxylation sites is 1. The summed E-state index contributed by atoms with van der Waals surface area (Å²) >= 11 is 0. The average molecular weight is 225 g/mol. The SMILES string of the molecule is CCCOc1cccc(OCCOC)c1N. The minimum atomic E-state index is 0.484. The molecule has 0 amide bonds. The van der Waals surface area contributed by atoms with E-state index in [1.165, 1.54) is 0 Å². The molecule has 0 aliphatic heterocycles. The second-order valence-electron chi connectivity index (χ2n) is 3.36. The summed E-state index contributed by atoms with van der Waals surface area (Å²) in [5, 5.41) is 0. The van der Waals surface area contributed by atoms with Crippen molar-refractivity contribution in [2.24, 2.45) is 0 Å². The average Bonchev–Trinajstić information content (AvgIpc) is 2.30. The highest BCUT2D eigenvalue weighted by molar-refractivity contribution is 5.62. The Labute approximate surface area is 96.3 Å². The number of rotatable bonds is 7. The van der Waals surface area contributed by atoms with Crippen molar-refractivity contribution in [3.05, 3.63) is 18.2 Å². The molecule has 1 aromatic rings. The molecule has 0 aromatic heterocycles. The molecule has 0 heterocycles. The van der Waals surface area contributed by atoms with E-state index in [-0.39, 0.29) is 0 Å². The Morgan fingerprint density at radius 2 is 1.69 bits per heavy atom. The maximum atomic E-state index is 5.92. The zero-order chi connectivity index (χ0) is 11.8. The topological polar surface area (TPSA) is 53.7 Å². The van der Waals surface area contributed by atoms with Gasteiger partial charge in [-0.2, -0.15) is 0 Å². The van der Waals surface area contributed by atoms with Gasteiger partial charge in [0.25, 0.3) is 0 Å². The van der Waals surface area contributed by atoms with Gasteiger partial charge in [0.2, 0.25) is 0 Å². The molecule has 0 spiro atoms. The van der Waals surface area contributed by atoms with Crippen LogP contribution in [0.5, 0.6) is 11.5 Å². The van der Waals surface area contributed by atoms with Gasteiger partial charge in [0.05, 0.1) is 13.2 Å². The Kier molecular flexibility index (Phi) is 5.50. The summed E-state index contributed by atoms with van der Waals surface area (Å²) < 4.78 is 15.9. The highest BCUT2D eigenvalue weighted by Gasteiger charge is 2.06. The van der Waals surface area contributed by atoms with Crippen molar-refractivity contribution < 1.29 is 14.2 Å². The lowest BCUT2D eigenvalue weighted by Crippen LogP contribution is -2.07. The molecule has 0 unspecified atom stereocenters. The highest BCUT2D eigenvalue weighted by atomic mass is 16.5. The first-order valence-corrected chi connectivity index (χ1v) is 5.42. The van der Waals surface area contributed by atoms with Crippen LogP contribution in [0.2, 0.25) is 0 Å². The van der Waals surface area contributed by atoms with E-state index in [9.17, 15) is 0 Å². The Morgan fingerprint density at radius 3 is 2.25 bits per heavy atom. The number of nitrogens with two attached hydrogens (primary N) is 1. The summed E-state index contributed by atoms with van der Waals surface area (Å²) in [7, 11) is 1.63. The zero-order valence-electron chi connectivity index (χ0n) is 9.86. The Morgan fingerprint density at radius 1 is 1.06 bits per heavy atom. The second kappa shape index (κ2) is 6.95. The fourth-order valence-corrected chi connectivity index (χ4v) is 1.22. The largest absolute Gasteiger partial charge is 0.491 e. The van der Waals surface area contributed by atoms with Crippen molar-refractivity contribution in [2.45, 2.75) is 13.3 Å². The fourth-order valence-electron chi connectivity index (χ4n) is 1.22. The number of hydrogen-bond donors (Lipinski definition) is 1. The molecule has 0 aliphatic carbocycles. The molecular formula is C12H19NO3. The fraction of sp³-hybridized carbons (Fsp3) is 0.500. The molecule has 4 nitrogen and oxygen atoms in total. The summed E-state index contributed by atoms with van der Waals surface area (Å²) in [5.41, 5.74) is 6.46. The molecule has 1 aromatic carbocycles. The second-order valence-corrected chi connectivity index (χ2v) is 3.36. The van der Waals surface area contributed by atoms with Crippen LogP contribution in [0.25, 0.3) is 0 Å². The van der Waals surface area contributed by atoms with E-state index in [4.69, 9.17) is 19.9 Å². The Hall–Kier alpha value is -1.42. The Bertz CT molecular complexity index is 315. The van der Waals surface area contributed by atoms with E-state index < -0.39 is 0 Å². The summed E-state index contributed by atoms with van der Waals surface area (Å²) in [4.78, 5) is 0. The maximum Gasteiger partial charge on any atom is 0.146 e. The monoisotopic (exact) mass is 225 g/mol. The van der Waals surface area contributed by atoms with Gasteiger partial charge in [-0.05, 0) is 18.6 Å². The minimum absolute atomic E-state index is 0.484. The lowest BCUT2D eigenvalue weighted by Gasteiger charge is -2.12. The summed E-state index contributed by atoms with van der Waals surface area (Å²) in [5.74, 6) is 1.32. The summed E-state index contributed by atoms with van der Waals surface area (Å²) in [6.07, 6.45) is 0.953. The highest BCUT2D eigenvalue weighted by Crippen LogP contribution is 2.31. The molecule has 1 rings (SSSR count). The molecule has 0 atom stereocenters. The van der Waals surface area contributed by atoms with Crippen molar-refractivity contribution in [3.63, 3.8) is 0 Å². The minimum Gasteiger partial charge on any atom is -0.491 e. The smallest absolute Gasteiger partial charge is 0.146 e. The molecule has 0 saturated carbocycles. The van der Waals surface area contributed by atoms with E-state index in [0.29, 0.717) is 37.0 Å². The van der Waals surface area contributed by atoms with Crippen molar-refractivity contribution in [1.29, 1.82) is 0 Å². The van der Waals surface area contributed by atoms with Gasteiger partial charge in [-0.15, -0.1) is 0 Å². The predicted octanol–water partition coefficient (Wildman–Crippen LogP) is 2.08. The third-order valence-electron chi connectivity index (χ3n) is 2.03. The molecular weight excluding hydrogens is 206 g/mol. The van der Waals surface area contributed by atoms with Gasteiger partial charge >= 0.3 is 0 Å². The molecule has 2 N–H and O–H groups in total. The summed E-state index contributed by atoms with van der Waals surface area (Å²) in [6, 6.07) is 5.53. The van der Waals surface area contributed by atoms with Crippen LogP contribution in [-0.4, -0.2) is 26.9 Å². The van der Waals surface area contributed by atoms with Gasteiger partial charge in [-0.1, -0.05) is 13.0 Å². The lowest BCUT2D eigenvalue weighted by atomic mass is 10.2. The quantitative estimate of drug-likeness (QED) is 0.570.